The maximum atomic E-state index is 5.59. The van der Waals surface area contributed by atoms with Gasteiger partial charge in [0.2, 0.25) is 0 Å². The summed E-state index contributed by atoms with van der Waals surface area (Å²) < 4.78 is 5.50. The van der Waals surface area contributed by atoms with Gasteiger partial charge in [-0.25, -0.2) is 9.97 Å². The van der Waals surface area contributed by atoms with E-state index in [1.165, 1.54) is 6.33 Å². The normalized spacial score (nSPS) is 9.94. The largest absolute Gasteiger partial charge is 0.492 e. The minimum absolute atomic E-state index is 0.427. The molecule has 0 aliphatic heterocycles. The van der Waals surface area contributed by atoms with Crippen LogP contribution in [0.1, 0.15) is 6.92 Å². The first-order chi connectivity index (χ1) is 8.29. The van der Waals surface area contributed by atoms with Crippen LogP contribution in [0.5, 0.6) is 5.75 Å². The molecular weight excluding hydrogens is 216 g/mol. The van der Waals surface area contributed by atoms with Crippen LogP contribution in [-0.4, -0.2) is 16.6 Å². The number of rotatable bonds is 4. The third-order valence-electron chi connectivity index (χ3n) is 2.14. The Labute approximate surface area is 99.7 Å². The monoisotopic (exact) mass is 230 g/mol. The molecule has 0 fully saturated rings. The van der Waals surface area contributed by atoms with Crippen LogP contribution in [0.15, 0.2) is 36.7 Å². The van der Waals surface area contributed by atoms with E-state index >= 15 is 0 Å². The Balaban J connectivity index is 2.23. The number of ether oxygens (including phenoxy) is 1. The third kappa shape index (κ3) is 2.84. The second-order valence-corrected chi connectivity index (χ2v) is 3.38. The molecule has 5 heteroatoms. The zero-order valence-corrected chi connectivity index (χ0v) is 9.55. The number of aromatic nitrogens is 2. The summed E-state index contributed by atoms with van der Waals surface area (Å²) in [5.74, 6) is 1.85. The number of nitrogens with zero attached hydrogens (tertiary/aromatic N) is 2. The van der Waals surface area contributed by atoms with Gasteiger partial charge < -0.3 is 15.8 Å². The standard InChI is InChI=1S/C12H14N4O/c1-2-17-10-6-4-3-5-9(10)16-12-7-11(13)14-8-15-12/h3-8H,2H2,1H3,(H3,13,14,15,16). The summed E-state index contributed by atoms with van der Waals surface area (Å²) in [4.78, 5) is 7.91. The lowest BCUT2D eigenvalue weighted by Crippen LogP contribution is -2.00. The summed E-state index contributed by atoms with van der Waals surface area (Å²) in [5, 5.41) is 3.14. The van der Waals surface area contributed by atoms with Crippen LogP contribution in [0.2, 0.25) is 0 Å². The van der Waals surface area contributed by atoms with Crippen LogP contribution in [0, 0.1) is 0 Å². The molecule has 1 heterocycles. The lowest BCUT2D eigenvalue weighted by Gasteiger charge is -2.11. The molecular formula is C12H14N4O. The van der Waals surface area contributed by atoms with E-state index in [9.17, 15) is 0 Å². The first-order valence-electron chi connectivity index (χ1n) is 5.36. The molecule has 88 valence electrons. The number of hydrogen-bond acceptors (Lipinski definition) is 5. The summed E-state index contributed by atoms with van der Waals surface area (Å²) in [6.07, 6.45) is 1.42. The fourth-order valence-corrected chi connectivity index (χ4v) is 1.43. The van der Waals surface area contributed by atoms with Gasteiger partial charge in [-0.05, 0) is 19.1 Å². The van der Waals surface area contributed by atoms with E-state index in [0.717, 1.165) is 11.4 Å². The van der Waals surface area contributed by atoms with Gasteiger partial charge in [0.15, 0.2) is 0 Å². The smallest absolute Gasteiger partial charge is 0.142 e. The summed E-state index contributed by atoms with van der Waals surface area (Å²) in [6, 6.07) is 9.34. The lowest BCUT2D eigenvalue weighted by atomic mass is 10.3. The maximum absolute atomic E-state index is 5.59. The van der Waals surface area contributed by atoms with Crippen molar-refractivity contribution in [3.05, 3.63) is 36.7 Å². The van der Waals surface area contributed by atoms with Crippen molar-refractivity contribution >= 4 is 17.3 Å². The molecule has 0 unspecified atom stereocenters. The number of nitrogens with two attached hydrogens (primary N) is 1. The van der Waals surface area contributed by atoms with Gasteiger partial charge in [0.25, 0.3) is 0 Å². The van der Waals surface area contributed by atoms with Crippen molar-refractivity contribution < 1.29 is 4.74 Å². The van der Waals surface area contributed by atoms with E-state index in [4.69, 9.17) is 10.5 Å². The highest BCUT2D eigenvalue weighted by molar-refractivity contribution is 5.64. The second-order valence-electron chi connectivity index (χ2n) is 3.38. The summed E-state index contributed by atoms with van der Waals surface area (Å²) in [5.41, 5.74) is 6.44. The molecule has 0 radical (unpaired) electrons. The van der Waals surface area contributed by atoms with E-state index in [2.05, 4.69) is 15.3 Å². The van der Waals surface area contributed by atoms with Crippen molar-refractivity contribution in [1.82, 2.24) is 9.97 Å². The van der Waals surface area contributed by atoms with Crippen molar-refractivity contribution in [3.63, 3.8) is 0 Å². The molecule has 2 rings (SSSR count). The van der Waals surface area contributed by atoms with E-state index < -0.39 is 0 Å². The highest BCUT2D eigenvalue weighted by Gasteiger charge is 2.03. The maximum Gasteiger partial charge on any atom is 0.142 e. The molecule has 2 aromatic rings. The first-order valence-corrected chi connectivity index (χ1v) is 5.36. The fraction of sp³-hybridized carbons (Fsp3) is 0.167. The van der Waals surface area contributed by atoms with Gasteiger partial charge in [0.05, 0.1) is 12.3 Å². The van der Waals surface area contributed by atoms with Gasteiger partial charge in [-0.1, -0.05) is 12.1 Å². The number of anilines is 3. The fourth-order valence-electron chi connectivity index (χ4n) is 1.43. The van der Waals surface area contributed by atoms with Crippen molar-refractivity contribution in [1.29, 1.82) is 0 Å². The molecule has 17 heavy (non-hydrogen) atoms. The summed E-state index contributed by atoms with van der Waals surface area (Å²) in [6.45, 7) is 2.56. The van der Waals surface area contributed by atoms with E-state index in [1.54, 1.807) is 6.07 Å². The van der Waals surface area contributed by atoms with Crippen LogP contribution >= 0.6 is 0 Å². The minimum Gasteiger partial charge on any atom is -0.492 e. The van der Waals surface area contributed by atoms with E-state index in [0.29, 0.717) is 18.2 Å². The molecule has 3 N–H and O–H groups in total. The Hall–Kier alpha value is -2.30. The Morgan fingerprint density at radius 1 is 1.29 bits per heavy atom. The van der Waals surface area contributed by atoms with Gasteiger partial charge >= 0.3 is 0 Å². The molecule has 0 spiro atoms. The number of benzene rings is 1. The SMILES string of the molecule is CCOc1ccccc1Nc1cc(N)ncn1. The van der Waals surface area contributed by atoms with Gasteiger partial charge in [-0.2, -0.15) is 0 Å². The second kappa shape index (κ2) is 5.16. The quantitative estimate of drug-likeness (QED) is 0.842. The molecule has 0 aliphatic carbocycles. The predicted molar refractivity (Wildman–Crippen MR) is 67.3 cm³/mol. The number of nitrogens with one attached hydrogen (secondary N) is 1. The Morgan fingerprint density at radius 2 is 2.12 bits per heavy atom. The summed E-state index contributed by atoms with van der Waals surface area (Å²) >= 11 is 0. The first kappa shape index (κ1) is 11.2. The van der Waals surface area contributed by atoms with E-state index in [-0.39, 0.29) is 0 Å². The average Bonchev–Trinajstić information content (AvgIpc) is 2.32. The molecule has 0 atom stereocenters. The van der Waals surface area contributed by atoms with Crippen molar-refractivity contribution in [2.75, 3.05) is 17.7 Å². The van der Waals surface area contributed by atoms with E-state index in [1.807, 2.05) is 31.2 Å². The van der Waals surface area contributed by atoms with Gasteiger partial charge in [-0.3, -0.25) is 0 Å². The molecule has 1 aromatic heterocycles. The zero-order chi connectivity index (χ0) is 12.1. The highest BCUT2D eigenvalue weighted by atomic mass is 16.5. The molecule has 1 aromatic carbocycles. The molecule has 0 bridgehead atoms. The van der Waals surface area contributed by atoms with Crippen molar-refractivity contribution in [3.8, 4) is 5.75 Å². The number of para-hydroxylation sites is 2. The number of nitrogen functional groups attached to an aromatic ring is 1. The molecule has 5 nitrogen and oxygen atoms in total. The number of hydrogen-bond donors (Lipinski definition) is 2. The van der Waals surface area contributed by atoms with Crippen molar-refractivity contribution in [2.45, 2.75) is 6.92 Å². The van der Waals surface area contributed by atoms with Crippen LogP contribution < -0.4 is 15.8 Å². The lowest BCUT2D eigenvalue weighted by molar-refractivity contribution is 0.342. The summed E-state index contributed by atoms with van der Waals surface area (Å²) in [7, 11) is 0. The van der Waals surface area contributed by atoms with Gasteiger partial charge in [0, 0.05) is 6.07 Å². The van der Waals surface area contributed by atoms with Crippen LogP contribution in [0.4, 0.5) is 17.3 Å². The molecule has 0 amide bonds. The predicted octanol–water partition coefficient (Wildman–Crippen LogP) is 2.20. The average molecular weight is 230 g/mol. The molecule has 0 aliphatic rings. The Bertz CT molecular complexity index is 501. The molecule has 0 saturated carbocycles. The molecule has 0 saturated heterocycles. The van der Waals surface area contributed by atoms with Crippen LogP contribution in [-0.2, 0) is 0 Å². The van der Waals surface area contributed by atoms with Crippen molar-refractivity contribution in [2.24, 2.45) is 0 Å². The highest BCUT2D eigenvalue weighted by Crippen LogP contribution is 2.26. The Morgan fingerprint density at radius 3 is 2.88 bits per heavy atom. The zero-order valence-electron chi connectivity index (χ0n) is 9.55. The topological polar surface area (TPSA) is 73.1 Å². The van der Waals surface area contributed by atoms with Crippen LogP contribution in [0.25, 0.3) is 0 Å². The Kier molecular flexibility index (Phi) is 3.40. The minimum atomic E-state index is 0.427. The third-order valence-corrected chi connectivity index (χ3v) is 2.14. The van der Waals surface area contributed by atoms with Crippen LogP contribution in [0.3, 0.4) is 0 Å². The van der Waals surface area contributed by atoms with Gasteiger partial charge in [-0.15, -0.1) is 0 Å². The van der Waals surface area contributed by atoms with Gasteiger partial charge in [0.1, 0.15) is 23.7 Å².